The highest BCUT2D eigenvalue weighted by atomic mass is 16.4. The van der Waals surface area contributed by atoms with E-state index in [1.54, 1.807) is 6.92 Å². The molecule has 116 valence electrons. The van der Waals surface area contributed by atoms with E-state index in [-0.39, 0.29) is 11.8 Å². The summed E-state index contributed by atoms with van der Waals surface area (Å²) in [6.45, 7) is 3.01. The maximum absolute atomic E-state index is 11.9. The van der Waals surface area contributed by atoms with Crippen molar-refractivity contribution in [3.05, 3.63) is 35.4 Å². The van der Waals surface area contributed by atoms with Gasteiger partial charge in [-0.1, -0.05) is 19.1 Å². The van der Waals surface area contributed by atoms with Crippen molar-refractivity contribution in [1.82, 2.24) is 10.2 Å². The number of hydrogen-bond acceptors (Lipinski definition) is 3. The van der Waals surface area contributed by atoms with E-state index in [0.717, 1.165) is 12.1 Å². The number of nitrogens with zero attached hydrogens (tertiary/aromatic N) is 1. The first kappa shape index (κ1) is 17.2. The third-order valence-electron chi connectivity index (χ3n) is 3.24. The molecule has 0 aromatic heterocycles. The van der Waals surface area contributed by atoms with E-state index in [1.807, 2.05) is 38.4 Å². The largest absolute Gasteiger partial charge is 0.481 e. The Labute approximate surface area is 126 Å². The van der Waals surface area contributed by atoms with Crippen molar-refractivity contribution in [2.45, 2.75) is 26.3 Å². The number of nitrogens with one attached hydrogen (secondary N) is 1. The lowest BCUT2D eigenvalue weighted by Crippen LogP contribution is -2.25. The number of aliphatic carboxylic acids is 1. The molecule has 1 amide bonds. The number of amides is 1. The molecule has 0 fully saturated rings. The van der Waals surface area contributed by atoms with E-state index in [1.165, 1.54) is 0 Å². The summed E-state index contributed by atoms with van der Waals surface area (Å²) >= 11 is 0. The van der Waals surface area contributed by atoms with Crippen LogP contribution >= 0.6 is 0 Å². The zero-order valence-corrected chi connectivity index (χ0v) is 12.9. The van der Waals surface area contributed by atoms with Gasteiger partial charge in [0, 0.05) is 18.7 Å². The molecule has 21 heavy (non-hydrogen) atoms. The van der Waals surface area contributed by atoms with Crippen LogP contribution in [0.4, 0.5) is 0 Å². The van der Waals surface area contributed by atoms with Crippen molar-refractivity contribution < 1.29 is 14.7 Å². The van der Waals surface area contributed by atoms with Gasteiger partial charge in [0.05, 0.1) is 5.92 Å². The molecule has 1 rings (SSSR count). The molecule has 0 saturated heterocycles. The lowest BCUT2D eigenvalue weighted by Gasteiger charge is -2.10. The second kappa shape index (κ2) is 8.42. The van der Waals surface area contributed by atoms with Gasteiger partial charge in [-0.05, 0) is 44.6 Å². The fourth-order valence-corrected chi connectivity index (χ4v) is 1.96. The van der Waals surface area contributed by atoms with Gasteiger partial charge in [0.2, 0.25) is 0 Å². The van der Waals surface area contributed by atoms with Crippen molar-refractivity contribution in [2.24, 2.45) is 5.92 Å². The Kier molecular flexibility index (Phi) is 6.88. The second-order valence-corrected chi connectivity index (χ2v) is 5.57. The number of rotatable bonds is 8. The van der Waals surface area contributed by atoms with E-state index >= 15 is 0 Å². The molecule has 1 atom stereocenters. The molecule has 0 heterocycles. The van der Waals surface area contributed by atoms with Crippen molar-refractivity contribution in [2.75, 3.05) is 20.6 Å². The lowest BCUT2D eigenvalue weighted by molar-refractivity contribution is -0.141. The molecule has 0 aliphatic rings. The summed E-state index contributed by atoms with van der Waals surface area (Å²) in [7, 11) is 4.00. The molecule has 1 aromatic rings. The van der Waals surface area contributed by atoms with Gasteiger partial charge in [-0.2, -0.15) is 0 Å². The molecule has 1 unspecified atom stereocenters. The van der Waals surface area contributed by atoms with Crippen LogP contribution in [0.25, 0.3) is 0 Å². The molecule has 5 nitrogen and oxygen atoms in total. The molecule has 2 N–H and O–H groups in total. The van der Waals surface area contributed by atoms with Crippen molar-refractivity contribution in [3.8, 4) is 0 Å². The highest BCUT2D eigenvalue weighted by Crippen LogP contribution is 2.07. The Balaban J connectivity index is 2.37. The summed E-state index contributed by atoms with van der Waals surface area (Å²) in [6.07, 6.45) is 1.23. The Morgan fingerprint density at radius 2 is 1.86 bits per heavy atom. The summed E-state index contributed by atoms with van der Waals surface area (Å²) in [4.78, 5) is 24.7. The van der Waals surface area contributed by atoms with Crippen LogP contribution < -0.4 is 5.32 Å². The van der Waals surface area contributed by atoms with E-state index in [2.05, 4.69) is 10.2 Å². The molecule has 0 saturated carbocycles. The zero-order valence-electron chi connectivity index (χ0n) is 12.9. The summed E-state index contributed by atoms with van der Waals surface area (Å²) in [6, 6.07) is 7.52. The van der Waals surface area contributed by atoms with Gasteiger partial charge in [0.15, 0.2) is 0 Å². The van der Waals surface area contributed by atoms with Crippen molar-refractivity contribution >= 4 is 11.9 Å². The normalized spacial score (nSPS) is 12.2. The maximum Gasteiger partial charge on any atom is 0.306 e. The number of carboxylic acid groups (broad SMARTS) is 1. The molecular formula is C16H24N2O3. The first-order valence-electron chi connectivity index (χ1n) is 7.15. The third-order valence-corrected chi connectivity index (χ3v) is 3.24. The fraction of sp³-hybridized carbons (Fsp3) is 0.500. The van der Waals surface area contributed by atoms with Crippen LogP contribution in [0.15, 0.2) is 24.3 Å². The van der Waals surface area contributed by atoms with Crippen LogP contribution in [0.2, 0.25) is 0 Å². The predicted octanol–water partition coefficient (Wildman–Crippen LogP) is 1.98. The van der Waals surface area contributed by atoms with E-state index in [9.17, 15) is 9.59 Å². The molecule has 0 aliphatic carbocycles. The van der Waals surface area contributed by atoms with E-state index in [4.69, 9.17) is 5.11 Å². The van der Waals surface area contributed by atoms with E-state index < -0.39 is 5.97 Å². The fourth-order valence-electron chi connectivity index (χ4n) is 1.96. The molecular weight excluding hydrogens is 268 g/mol. The first-order chi connectivity index (χ1) is 9.90. The Morgan fingerprint density at radius 1 is 1.24 bits per heavy atom. The van der Waals surface area contributed by atoms with Gasteiger partial charge in [-0.25, -0.2) is 0 Å². The summed E-state index contributed by atoms with van der Waals surface area (Å²) in [5, 5.41) is 11.6. The Hall–Kier alpha value is -1.88. The van der Waals surface area contributed by atoms with Gasteiger partial charge in [0.1, 0.15) is 0 Å². The molecule has 0 radical (unpaired) electrons. The number of carbonyl (C=O) groups excluding carboxylic acids is 1. The standard InChI is InChI=1S/C16H24N2O3/c1-12(16(20)21)5-4-10-17-15(19)14-8-6-13(7-9-14)11-18(2)3/h6-9,12H,4-5,10-11H2,1-3H3,(H,17,19)(H,20,21). The van der Waals surface area contributed by atoms with Crippen molar-refractivity contribution in [3.63, 3.8) is 0 Å². The number of hydrogen-bond donors (Lipinski definition) is 2. The summed E-state index contributed by atoms with van der Waals surface area (Å²) in [5.41, 5.74) is 1.79. The van der Waals surface area contributed by atoms with Crippen LogP contribution in [0.1, 0.15) is 35.7 Å². The minimum absolute atomic E-state index is 0.116. The monoisotopic (exact) mass is 292 g/mol. The van der Waals surface area contributed by atoms with E-state index in [0.29, 0.717) is 24.9 Å². The zero-order chi connectivity index (χ0) is 15.8. The minimum atomic E-state index is -0.794. The quantitative estimate of drug-likeness (QED) is 0.719. The Morgan fingerprint density at radius 3 is 2.38 bits per heavy atom. The van der Waals surface area contributed by atoms with Gasteiger partial charge < -0.3 is 15.3 Å². The average Bonchev–Trinajstić information content (AvgIpc) is 2.43. The van der Waals surface area contributed by atoms with Gasteiger partial charge in [-0.3, -0.25) is 9.59 Å². The number of carboxylic acids is 1. The van der Waals surface area contributed by atoms with Gasteiger partial charge in [-0.15, -0.1) is 0 Å². The van der Waals surface area contributed by atoms with Crippen molar-refractivity contribution in [1.29, 1.82) is 0 Å². The minimum Gasteiger partial charge on any atom is -0.481 e. The van der Waals surface area contributed by atoms with Crippen LogP contribution in [-0.2, 0) is 11.3 Å². The van der Waals surface area contributed by atoms with Gasteiger partial charge in [0.25, 0.3) is 5.91 Å². The summed E-state index contributed by atoms with van der Waals surface area (Å²) < 4.78 is 0. The highest BCUT2D eigenvalue weighted by molar-refractivity contribution is 5.94. The number of carbonyl (C=O) groups is 2. The lowest BCUT2D eigenvalue weighted by atomic mass is 10.1. The Bertz CT molecular complexity index is 469. The van der Waals surface area contributed by atoms with Gasteiger partial charge >= 0.3 is 5.97 Å². The molecule has 5 heteroatoms. The smallest absolute Gasteiger partial charge is 0.306 e. The summed E-state index contributed by atoms with van der Waals surface area (Å²) in [5.74, 6) is -1.28. The third kappa shape index (κ3) is 6.40. The maximum atomic E-state index is 11.9. The second-order valence-electron chi connectivity index (χ2n) is 5.57. The molecule has 0 spiro atoms. The number of benzene rings is 1. The highest BCUT2D eigenvalue weighted by Gasteiger charge is 2.10. The van der Waals surface area contributed by atoms with Crippen LogP contribution in [-0.4, -0.2) is 42.5 Å². The molecule has 0 aliphatic heterocycles. The van der Waals surface area contributed by atoms with Crippen LogP contribution in [0, 0.1) is 5.92 Å². The van der Waals surface area contributed by atoms with Crippen LogP contribution in [0.3, 0.4) is 0 Å². The SMILES string of the molecule is CC(CCCNC(=O)c1ccc(CN(C)C)cc1)C(=O)O. The topological polar surface area (TPSA) is 69.6 Å². The van der Waals surface area contributed by atoms with Crippen LogP contribution in [0.5, 0.6) is 0 Å². The first-order valence-corrected chi connectivity index (χ1v) is 7.15. The molecule has 0 bridgehead atoms. The molecule has 1 aromatic carbocycles. The predicted molar refractivity (Wildman–Crippen MR) is 82.2 cm³/mol. The average molecular weight is 292 g/mol.